The Hall–Kier alpha value is -3.82. The fourth-order valence-corrected chi connectivity index (χ4v) is 4.29. The minimum Gasteiger partial charge on any atom is -0.383 e. The van der Waals surface area contributed by atoms with E-state index in [4.69, 9.17) is 10.8 Å². The minimum atomic E-state index is -0.610. The van der Waals surface area contributed by atoms with Gasteiger partial charge in [0, 0.05) is 24.7 Å². The van der Waals surface area contributed by atoms with Gasteiger partial charge in [0.15, 0.2) is 5.65 Å². The summed E-state index contributed by atoms with van der Waals surface area (Å²) in [5.74, 6) is -0.977. The number of halogens is 1. The van der Waals surface area contributed by atoms with Crippen LogP contribution >= 0.6 is 0 Å². The van der Waals surface area contributed by atoms with Crippen molar-refractivity contribution < 1.29 is 14.0 Å². The molecule has 0 spiro atoms. The van der Waals surface area contributed by atoms with E-state index in [2.05, 4.69) is 21.9 Å². The number of piperidine rings is 1. The van der Waals surface area contributed by atoms with Gasteiger partial charge in [-0.1, -0.05) is 6.58 Å². The van der Waals surface area contributed by atoms with Gasteiger partial charge in [-0.25, -0.2) is 19.0 Å². The molecule has 9 nitrogen and oxygen atoms in total. The van der Waals surface area contributed by atoms with Gasteiger partial charge in [0.1, 0.15) is 23.7 Å². The van der Waals surface area contributed by atoms with Crippen LogP contribution in [0.3, 0.4) is 0 Å². The number of hydrogen-bond acceptors (Lipinski definition) is 6. The lowest BCUT2D eigenvalue weighted by Crippen LogP contribution is -2.47. The molecule has 10 heteroatoms. The molecule has 166 valence electrons. The number of carbonyl (C=O) groups is 2. The Balaban J connectivity index is 1.86. The highest BCUT2D eigenvalue weighted by molar-refractivity contribution is 5.99. The Labute approximate surface area is 184 Å². The van der Waals surface area contributed by atoms with Gasteiger partial charge < -0.3 is 16.0 Å². The summed E-state index contributed by atoms with van der Waals surface area (Å²) >= 11 is 0. The fourth-order valence-electron chi connectivity index (χ4n) is 4.29. The van der Waals surface area contributed by atoms with Crippen molar-refractivity contribution in [3.05, 3.63) is 48.6 Å². The Bertz CT molecular complexity index is 1220. The number of likely N-dealkylation sites (tertiary alicyclic amines) is 1. The molecule has 1 aliphatic rings. The predicted octanol–water partition coefficient (Wildman–Crippen LogP) is 2.31. The summed E-state index contributed by atoms with van der Waals surface area (Å²) in [5, 5.41) is 7.60. The van der Waals surface area contributed by atoms with E-state index in [1.54, 1.807) is 9.58 Å². The van der Waals surface area contributed by atoms with Crippen LogP contribution in [0.5, 0.6) is 0 Å². The minimum absolute atomic E-state index is 0.149. The Kier molecular flexibility index (Phi) is 5.60. The van der Waals surface area contributed by atoms with E-state index in [1.165, 1.54) is 31.6 Å². The molecule has 2 aromatic heterocycles. The van der Waals surface area contributed by atoms with Crippen molar-refractivity contribution in [2.24, 2.45) is 0 Å². The number of fused-ring (bicyclic) bond motifs is 1. The molecule has 2 atom stereocenters. The van der Waals surface area contributed by atoms with E-state index in [0.29, 0.717) is 23.3 Å². The summed E-state index contributed by atoms with van der Waals surface area (Å²) < 4.78 is 16.8. The first-order valence-electron chi connectivity index (χ1n) is 10.3. The van der Waals surface area contributed by atoms with Gasteiger partial charge in [-0.3, -0.25) is 9.59 Å². The monoisotopic (exact) mass is 437 g/mol. The highest BCUT2D eigenvalue weighted by Crippen LogP contribution is 2.36. The number of nitrogens with one attached hydrogen (secondary N) is 1. The second-order valence-corrected chi connectivity index (χ2v) is 7.71. The third kappa shape index (κ3) is 3.47. The number of amides is 2. The lowest BCUT2D eigenvalue weighted by molar-refractivity contribution is -0.130. The fraction of sp³-hybridized carbons (Fsp3) is 0.318. The Morgan fingerprint density at radius 1 is 1.34 bits per heavy atom. The molecule has 1 aliphatic heterocycles. The maximum atomic E-state index is 15.1. The van der Waals surface area contributed by atoms with Crippen molar-refractivity contribution >= 4 is 28.7 Å². The summed E-state index contributed by atoms with van der Waals surface area (Å²) in [6.07, 6.45) is 4.18. The molecular weight excluding hydrogens is 413 g/mol. The molecule has 1 saturated heterocycles. The van der Waals surface area contributed by atoms with Crippen LogP contribution in [0.2, 0.25) is 0 Å². The first kappa shape index (κ1) is 21.4. The van der Waals surface area contributed by atoms with Crippen LogP contribution in [0.15, 0.2) is 37.2 Å². The zero-order chi connectivity index (χ0) is 23.0. The summed E-state index contributed by atoms with van der Waals surface area (Å²) in [5.41, 5.74) is 7.29. The SMILES string of the molecule is C=CC(=O)N1CCCC(n2nc(-c3ccc(C(=O)NC)cc3F)c3c(N)ncnc32)[C@H]1C. The van der Waals surface area contributed by atoms with Gasteiger partial charge in [-0.05, 0) is 44.0 Å². The van der Waals surface area contributed by atoms with Crippen molar-refractivity contribution in [2.45, 2.75) is 31.8 Å². The number of benzene rings is 1. The second-order valence-electron chi connectivity index (χ2n) is 7.71. The average Bonchev–Trinajstić information content (AvgIpc) is 3.18. The number of anilines is 1. The van der Waals surface area contributed by atoms with Crippen molar-refractivity contribution in [1.29, 1.82) is 0 Å². The average molecular weight is 437 g/mol. The van der Waals surface area contributed by atoms with E-state index in [-0.39, 0.29) is 34.9 Å². The summed E-state index contributed by atoms with van der Waals surface area (Å²) in [6.45, 7) is 6.16. The summed E-state index contributed by atoms with van der Waals surface area (Å²) in [6, 6.07) is 3.81. The molecule has 0 saturated carbocycles. The van der Waals surface area contributed by atoms with Gasteiger partial charge in [0.2, 0.25) is 5.91 Å². The third-order valence-electron chi connectivity index (χ3n) is 5.95. The zero-order valence-electron chi connectivity index (χ0n) is 17.9. The van der Waals surface area contributed by atoms with E-state index >= 15 is 4.39 Å². The van der Waals surface area contributed by atoms with Crippen LogP contribution in [0.1, 0.15) is 36.2 Å². The standard InChI is InChI=1S/C22H24FN7O2/c1-4-17(31)29-9-5-6-16(12(29)2)30-21-18(20(24)26-11-27-21)19(28-30)14-8-7-13(10-15(14)23)22(32)25-3/h4,7-8,10-12,16H,1,5-6,9H2,2-3H3,(H,25,32)(H2,24,26,27)/t12-,16?/m1/s1. The maximum Gasteiger partial charge on any atom is 0.251 e. The highest BCUT2D eigenvalue weighted by Gasteiger charge is 2.34. The molecule has 0 radical (unpaired) electrons. The molecule has 3 N–H and O–H groups in total. The number of nitrogen functional groups attached to an aromatic ring is 1. The van der Waals surface area contributed by atoms with Gasteiger partial charge >= 0.3 is 0 Å². The molecule has 3 heterocycles. The zero-order valence-corrected chi connectivity index (χ0v) is 17.9. The third-order valence-corrected chi connectivity index (χ3v) is 5.95. The van der Waals surface area contributed by atoms with Crippen molar-refractivity contribution in [3.8, 4) is 11.3 Å². The number of carbonyl (C=O) groups excluding carboxylic acids is 2. The predicted molar refractivity (Wildman–Crippen MR) is 118 cm³/mol. The number of nitrogens with zero attached hydrogens (tertiary/aromatic N) is 5. The molecule has 3 aromatic rings. The first-order valence-corrected chi connectivity index (χ1v) is 10.3. The molecule has 0 bridgehead atoms. The highest BCUT2D eigenvalue weighted by atomic mass is 19.1. The molecular formula is C22H24FN7O2. The van der Waals surface area contributed by atoms with Crippen LogP contribution < -0.4 is 11.1 Å². The Morgan fingerprint density at radius 3 is 2.81 bits per heavy atom. The molecule has 2 amide bonds. The molecule has 1 unspecified atom stereocenters. The maximum absolute atomic E-state index is 15.1. The Morgan fingerprint density at radius 2 is 2.12 bits per heavy atom. The van der Waals surface area contributed by atoms with E-state index < -0.39 is 11.7 Å². The van der Waals surface area contributed by atoms with Crippen LogP contribution in [0.4, 0.5) is 10.2 Å². The van der Waals surface area contributed by atoms with Crippen molar-refractivity contribution in [1.82, 2.24) is 30.0 Å². The number of hydrogen-bond donors (Lipinski definition) is 2. The van der Waals surface area contributed by atoms with Gasteiger partial charge in [0.25, 0.3) is 5.91 Å². The number of aromatic nitrogens is 4. The van der Waals surface area contributed by atoms with Crippen molar-refractivity contribution in [3.63, 3.8) is 0 Å². The normalized spacial score (nSPS) is 18.5. The van der Waals surface area contributed by atoms with E-state index in [9.17, 15) is 9.59 Å². The van der Waals surface area contributed by atoms with Crippen LogP contribution in [-0.2, 0) is 4.79 Å². The van der Waals surface area contributed by atoms with Crippen molar-refractivity contribution in [2.75, 3.05) is 19.3 Å². The van der Waals surface area contributed by atoms with Gasteiger partial charge in [-0.2, -0.15) is 5.10 Å². The number of rotatable bonds is 4. The summed E-state index contributed by atoms with van der Waals surface area (Å²) in [4.78, 5) is 34.4. The van der Waals surface area contributed by atoms with E-state index in [0.717, 1.165) is 18.9 Å². The molecule has 4 rings (SSSR count). The molecule has 0 aliphatic carbocycles. The smallest absolute Gasteiger partial charge is 0.251 e. The largest absolute Gasteiger partial charge is 0.383 e. The second kappa shape index (κ2) is 8.37. The lowest BCUT2D eigenvalue weighted by atomic mass is 9.97. The van der Waals surface area contributed by atoms with Crippen LogP contribution in [0, 0.1) is 5.82 Å². The lowest BCUT2D eigenvalue weighted by Gasteiger charge is -2.39. The van der Waals surface area contributed by atoms with Crippen LogP contribution in [-0.4, -0.2) is 56.1 Å². The van der Waals surface area contributed by atoms with Crippen LogP contribution in [0.25, 0.3) is 22.3 Å². The quantitative estimate of drug-likeness (QED) is 0.605. The topological polar surface area (TPSA) is 119 Å². The number of nitrogens with two attached hydrogens (primary N) is 1. The molecule has 1 fully saturated rings. The van der Waals surface area contributed by atoms with Gasteiger partial charge in [0.05, 0.1) is 17.5 Å². The first-order chi connectivity index (χ1) is 15.4. The molecule has 32 heavy (non-hydrogen) atoms. The molecule has 1 aromatic carbocycles. The van der Waals surface area contributed by atoms with Gasteiger partial charge in [-0.15, -0.1) is 0 Å². The van der Waals surface area contributed by atoms with E-state index in [1.807, 2.05) is 6.92 Å². The summed E-state index contributed by atoms with van der Waals surface area (Å²) in [7, 11) is 1.48.